The molecule has 0 N–H and O–H groups in total. The first-order valence-corrected chi connectivity index (χ1v) is 4.90. The fourth-order valence-electron chi connectivity index (χ4n) is 1.81. The van der Waals surface area contributed by atoms with Crippen LogP contribution in [0.5, 0.6) is 0 Å². The molecule has 1 fully saturated rings. The summed E-state index contributed by atoms with van der Waals surface area (Å²) in [6, 6.07) is 2.19. The average Bonchev–Trinajstić information content (AvgIpc) is 2.62. The zero-order valence-electron chi connectivity index (χ0n) is 8.27. The van der Waals surface area contributed by atoms with Crippen LogP contribution in [0.15, 0.2) is 16.9 Å². The Morgan fingerprint density at radius 3 is 3.21 bits per heavy atom. The number of likely N-dealkylation sites (tertiary alicyclic amines) is 1. The van der Waals surface area contributed by atoms with Gasteiger partial charge in [0.2, 0.25) is 0 Å². The number of aromatic nitrogens is 1. The third-order valence-corrected chi connectivity index (χ3v) is 2.68. The highest BCUT2D eigenvalue weighted by molar-refractivity contribution is 5.79. The van der Waals surface area contributed by atoms with Gasteiger partial charge in [0.15, 0.2) is 0 Å². The molecule has 0 aliphatic carbocycles. The minimum absolute atomic E-state index is 0.327. The maximum Gasteiger partial charge on any atom is 0.135 e. The van der Waals surface area contributed by atoms with Crippen LogP contribution < -0.4 is 0 Å². The lowest BCUT2D eigenvalue weighted by molar-refractivity contribution is -0.123. The van der Waals surface area contributed by atoms with Crippen LogP contribution in [0.3, 0.4) is 0 Å². The van der Waals surface area contributed by atoms with E-state index in [2.05, 4.69) is 17.0 Å². The van der Waals surface area contributed by atoms with E-state index in [0.29, 0.717) is 24.7 Å². The molecule has 0 radical (unpaired) electrons. The minimum Gasteiger partial charge on any atom is -0.364 e. The Bertz CT molecular complexity index is 308. The lowest BCUT2D eigenvalue weighted by atomic mass is 10.0. The van der Waals surface area contributed by atoms with Gasteiger partial charge in [0.25, 0.3) is 0 Å². The van der Waals surface area contributed by atoms with Crippen LogP contribution in [-0.2, 0) is 11.3 Å². The van der Waals surface area contributed by atoms with E-state index >= 15 is 0 Å². The topological polar surface area (TPSA) is 46.3 Å². The van der Waals surface area contributed by atoms with Gasteiger partial charge in [-0.05, 0) is 6.92 Å². The van der Waals surface area contributed by atoms with E-state index in [4.69, 9.17) is 4.52 Å². The van der Waals surface area contributed by atoms with Gasteiger partial charge in [-0.3, -0.25) is 9.69 Å². The van der Waals surface area contributed by atoms with E-state index in [1.165, 1.54) is 0 Å². The Morgan fingerprint density at radius 2 is 2.57 bits per heavy atom. The molecular formula is C10H14N2O2. The lowest BCUT2D eigenvalue weighted by Gasteiger charge is -2.31. The predicted octanol–water partition coefficient (Wildman–Crippen LogP) is 1.23. The Hall–Kier alpha value is -1.16. The van der Waals surface area contributed by atoms with Crippen LogP contribution in [0.1, 0.15) is 25.5 Å². The first-order chi connectivity index (χ1) is 6.75. The van der Waals surface area contributed by atoms with Crippen molar-refractivity contribution >= 4 is 5.78 Å². The Morgan fingerprint density at radius 1 is 1.71 bits per heavy atom. The van der Waals surface area contributed by atoms with Crippen LogP contribution in [0.4, 0.5) is 0 Å². The summed E-state index contributed by atoms with van der Waals surface area (Å²) in [5.41, 5.74) is 0.936. The summed E-state index contributed by atoms with van der Waals surface area (Å²) in [4.78, 5) is 13.4. The zero-order chi connectivity index (χ0) is 9.97. The van der Waals surface area contributed by atoms with Gasteiger partial charge in [-0.15, -0.1) is 0 Å². The molecule has 2 heterocycles. The molecule has 1 unspecified atom stereocenters. The normalized spacial score (nSPS) is 24.1. The fourth-order valence-corrected chi connectivity index (χ4v) is 1.81. The van der Waals surface area contributed by atoms with E-state index in [0.717, 1.165) is 18.8 Å². The summed E-state index contributed by atoms with van der Waals surface area (Å²) in [6.07, 6.45) is 2.91. The van der Waals surface area contributed by atoms with Crippen LogP contribution in [0.25, 0.3) is 0 Å². The standard InChI is InChI=1S/C10H14N2O2/c1-8-6-10(13)2-4-12(8)7-9-3-5-14-11-9/h3,5,8H,2,4,6-7H2,1H3. The second-order valence-corrected chi connectivity index (χ2v) is 3.80. The van der Waals surface area contributed by atoms with E-state index in [-0.39, 0.29) is 0 Å². The predicted molar refractivity (Wildman–Crippen MR) is 50.6 cm³/mol. The van der Waals surface area contributed by atoms with Crippen LogP contribution >= 0.6 is 0 Å². The van der Waals surface area contributed by atoms with Crippen molar-refractivity contribution in [3.8, 4) is 0 Å². The molecular weight excluding hydrogens is 180 g/mol. The lowest BCUT2D eigenvalue weighted by Crippen LogP contribution is -2.40. The second kappa shape index (κ2) is 3.92. The molecule has 76 valence electrons. The molecule has 1 atom stereocenters. The van der Waals surface area contributed by atoms with E-state index in [1.54, 1.807) is 6.26 Å². The number of piperidine rings is 1. The molecule has 1 aromatic rings. The van der Waals surface area contributed by atoms with Crippen molar-refractivity contribution in [3.63, 3.8) is 0 Å². The van der Waals surface area contributed by atoms with Gasteiger partial charge in [0, 0.05) is 38.0 Å². The molecule has 2 rings (SSSR count). The zero-order valence-corrected chi connectivity index (χ0v) is 8.27. The molecule has 0 amide bonds. The smallest absolute Gasteiger partial charge is 0.135 e. The molecule has 0 saturated carbocycles. The van der Waals surface area contributed by atoms with E-state index in [9.17, 15) is 4.79 Å². The molecule has 1 aliphatic heterocycles. The van der Waals surface area contributed by atoms with Crippen molar-refractivity contribution in [2.75, 3.05) is 6.54 Å². The second-order valence-electron chi connectivity index (χ2n) is 3.80. The van der Waals surface area contributed by atoms with Gasteiger partial charge in [0.1, 0.15) is 12.0 Å². The molecule has 1 aliphatic rings. The molecule has 4 nitrogen and oxygen atoms in total. The van der Waals surface area contributed by atoms with Crippen LogP contribution in [0, 0.1) is 0 Å². The van der Waals surface area contributed by atoms with Gasteiger partial charge >= 0.3 is 0 Å². The summed E-state index contributed by atoms with van der Waals surface area (Å²) in [5.74, 6) is 0.369. The molecule has 1 aromatic heterocycles. The maximum atomic E-state index is 11.2. The molecule has 4 heteroatoms. The number of hydrogen-bond acceptors (Lipinski definition) is 4. The van der Waals surface area contributed by atoms with E-state index < -0.39 is 0 Å². The Labute approximate surface area is 82.9 Å². The number of ketones is 1. The summed E-state index contributed by atoms with van der Waals surface area (Å²) in [7, 11) is 0. The van der Waals surface area contributed by atoms with Crippen molar-refractivity contribution in [2.45, 2.75) is 32.4 Å². The average molecular weight is 194 g/mol. The molecule has 0 bridgehead atoms. The number of hydrogen-bond donors (Lipinski definition) is 0. The molecule has 0 aromatic carbocycles. The van der Waals surface area contributed by atoms with Crippen molar-refractivity contribution < 1.29 is 9.32 Å². The van der Waals surface area contributed by atoms with Gasteiger partial charge in [-0.2, -0.15) is 0 Å². The third-order valence-electron chi connectivity index (χ3n) is 2.68. The fraction of sp³-hybridized carbons (Fsp3) is 0.600. The van der Waals surface area contributed by atoms with Gasteiger partial charge < -0.3 is 4.52 Å². The molecule has 14 heavy (non-hydrogen) atoms. The first kappa shape index (κ1) is 9.40. The Balaban J connectivity index is 1.95. The number of carbonyl (C=O) groups excluding carboxylic acids is 1. The minimum atomic E-state index is 0.327. The van der Waals surface area contributed by atoms with Crippen molar-refractivity contribution in [1.29, 1.82) is 0 Å². The highest BCUT2D eigenvalue weighted by Crippen LogP contribution is 2.16. The number of carbonyl (C=O) groups is 1. The number of rotatable bonds is 2. The summed E-state index contributed by atoms with van der Waals surface area (Å²) in [5, 5.41) is 3.86. The van der Waals surface area contributed by atoms with Crippen molar-refractivity contribution in [1.82, 2.24) is 10.1 Å². The summed E-state index contributed by atoms with van der Waals surface area (Å²) >= 11 is 0. The first-order valence-electron chi connectivity index (χ1n) is 4.90. The van der Waals surface area contributed by atoms with Crippen LogP contribution in [0.2, 0.25) is 0 Å². The van der Waals surface area contributed by atoms with Gasteiger partial charge in [-0.25, -0.2) is 0 Å². The van der Waals surface area contributed by atoms with Crippen molar-refractivity contribution in [3.05, 3.63) is 18.0 Å². The highest BCUT2D eigenvalue weighted by atomic mass is 16.5. The van der Waals surface area contributed by atoms with Gasteiger partial charge in [0.05, 0.1) is 5.69 Å². The highest BCUT2D eigenvalue weighted by Gasteiger charge is 2.23. The Kier molecular flexibility index (Phi) is 2.63. The van der Waals surface area contributed by atoms with E-state index in [1.807, 2.05) is 6.07 Å². The quantitative estimate of drug-likeness (QED) is 0.710. The van der Waals surface area contributed by atoms with Crippen LogP contribution in [-0.4, -0.2) is 28.4 Å². The maximum absolute atomic E-state index is 11.2. The third kappa shape index (κ3) is 2.01. The largest absolute Gasteiger partial charge is 0.364 e. The van der Waals surface area contributed by atoms with Crippen molar-refractivity contribution in [2.24, 2.45) is 0 Å². The number of nitrogens with zero attached hydrogens (tertiary/aromatic N) is 2. The summed E-state index contributed by atoms with van der Waals surface area (Å²) < 4.78 is 4.77. The summed E-state index contributed by atoms with van der Waals surface area (Å²) in [6.45, 7) is 3.70. The monoisotopic (exact) mass is 194 g/mol. The SMILES string of the molecule is CC1CC(=O)CCN1Cc1ccon1. The molecule has 0 spiro atoms. The number of Topliss-reactive ketones (excluding diaryl/α,β-unsaturated/α-hetero) is 1. The van der Waals surface area contributed by atoms with Gasteiger partial charge in [-0.1, -0.05) is 5.16 Å². The molecule has 1 saturated heterocycles.